The Labute approximate surface area is 187 Å². The molecule has 7 heteroatoms. The largest absolute Gasteiger partial charge is 0.457 e. The molecule has 0 spiro atoms. The molecule has 32 heavy (non-hydrogen) atoms. The zero-order valence-corrected chi connectivity index (χ0v) is 18.0. The van der Waals surface area contributed by atoms with Crippen LogP contribution in [0.4, 0.5) is 0 Å². The quantitative estimate of drug-likeness (QED) is 0.557. The number of carbonyl (C=O) groups is 1. The fourth-order valence-corrected chi connectivity index (χ4v) is 4.98. The number of ether oxygens (including phenoxy) is 1. The molecule has 162 valence electrons. The maximum absolute atomic E-state index is 12.7. The highest BCUT2D eigenvalue weighted by Crippen LogP contribution is 2.42. The molecule has 0 radical (unpaired) electrons. The van der Waals surface area contributed by atoms with E-state index >= 15 is 0 Å². The summed E-state index contributed by atoms with van der Waals surface area (Å²) in [7, 11) is -3.49. The number of para-hydroxylation sites is 2. The van der Waals surface area contributed by atoms with Crippen LogP contribution in [-0.4, -0.2) is 20.4 Å². The minimum Gasteiger partial charge on any atom is -0.457 e. The molecule has 1 amide bonds. The van der Waals surface area contributed by atoms with Crippen molar-refractivity contribution in [1.82, 2.24) is 10.0 Å². The van der Waals surface area contributed by atoms with E-state index in [9.17, 15) is 13.2 Å². The maximum Gasteiger partial charge on any atom is 0.244 e. The fraction of sp³-hybridized carbons (Fsp3) is 0.160. The zero-order valence-electron chi connectivity index (χ0n) is 17.2. The fourth-order valence-electron chi connectivity index (χ4n) is 3.67. The molecule has 1 aliphatic heterocycles. The van der Waals surface area contributed by atoms with E-state index in [1.54, 1.807) is 30.3 Å². The van der Waals surface area contributed by atoms with Crippen molar-refractivity contribution in [2.24, 2.45) is 0 Å². The molecule has 1 heterocycles. The molecule has 1 saturated carbocycles. The summed E-state index contributed by atoms with van der Waals surface area (Å²) in [6.07, 6.45) is 4.89. The van der Waals surface area contributed by atoms with Gasteiger partial charge in [0, 0.05) is 23.2 Å². The molecule has 0 aromatic heterocycles. The summed E-state index contributed by atoms with van der Waals surface area (Å²) in [5, 5.41) is 3.05. The van der Waals surface area contributed by atoms with Crippen LogP contribution >= 0.6 is 0 Å². The SMILES string of the molecule is O=C(/C=C/c1ccc(S(=O)(=O)NC2CC2)cc1)NC1c2ccccc2Oc2ccccc21. The highest BCUT2D eigenvalue weighted by Gasteiger charge is 2.28. The second-order valence-electron chi connectivity index (χ2n) is 7.92. The van der Waals surface area contributed by atoms with Crippen molar-refractivity contribution < 1.29 is 17.9 Å². The van der Waals surface area contributed by atoms with Gasteiger partial charge in [-0.15, -0.1) is 0 Å². The second-order valence-corrected chi connectivity index (χ2v) is 9.63. The van der Waals surface area contributed by atoms with Crippen LogP contribution in [0.3, 0.4) is 0 Å². The van der Waals surface area contributed by atoms with Crippen molar-refractivity contribution in [3.05, 3.63) is 95.6 Å². The van der Waals surface area contributed by atoms with Crippen LogP contribution < -0.4 is 14.8 Å². The van der Waals surface area contributed by atoms with E-state index < -0.39 is 10.0 Å². The Kier molecular flexibility index (Phi) is 5.28. The van der Waals surface area contributed by atoms with E-state index in [1.165, 1.54) is 6.08 Å². The first kappa shape index (κ1) is 20.5. The van der Waals surface area contributed by atoms with Gasteiger partial charge in [-0.05, 0) is 48.7 Å². The molecule has 0 atom stereocenters. The lowest BCUT2D eigenvalue weighted by Gasteiger charge is -2.28. The Morgan fingerprint density at radius 2 is 1.47 bits per heavy atom. The summed E-state index contributed by atoms with van der Waals surface area (Å²) in [4.78, 5) is 12.9. The Morgan fingerprint density at radius 3 is 2.06 bits per heavy atom. The molecular weight excluding hydrogens is 424 g/mol. The maximum atomic E-state index is 12.7. The number of fused-ring (bicyclic) bond motifs is 2. The number of sulfonamides is 1. The van der Waals surface area contributed by atoms with Gasteiger partial charge in [-0.1, -0.05) is 48.5 Å². The van der Waals surface area contributed by atoms with Crippen LogP contribution in [0.1, 0.15) is 35.6 Å². The number of amides is 1. The third kappa shape index (κ3) is 4.30. The van der Waals surface area contributed by atoms with Crippen molar-refractivity contribution in [3.63, 3.8) is 0 Å². The first-order chi connectivity index (χ1) is 15.5. The summed E-state index contributed by atoms with van der Waals surface area (Å²) >= 11 is 0. The van der Waals surface area contributed by atoms with Gasteiger partial charge in [-0.3, -0.25) is 4.79 Å². The first-order valence-electron chi connectivity index (χ1n) is 10.5. The summed E-state index contributed by atoms with van der Waals surface area (Å²) in [6, 6.07) is 21.5. The van der Waals surface area contributed by atoms with Gasteiger partial charge in [-0.2, -0.15) is 0 Å². The zero-order chi connectivity index (χ0) is 22.1. The van der Waals surface area contributed by atoms with Gasteiger partial charge in [0.05, 0.1) is 10.9 Å². The Morgan fingerprint density at radius 1 is 0.875 bits per heavy atom. The number of nitrogens with one attached hydrogen (secondary N) is 2. The molecule has 1 fully saturated rings. The van der Waals surface area contributed by atoms with Crippen LogP contribution in [0.2, 0.25) is 0 Å². The molecule has 0 saturated heterocycles. The summed E-state index contributed by atoms with van der Waals surface area (Å²) in [5.41, 5.74) is 2.52. The molecule has 0 bridgehead atoms. The minimum atomic E-state index is -3.49. The van der Waals surface area contributed by atoms with Crippen LogP contribution in [0.5, 0.6) is 11.5 Å². The van der Waals surface area contributed by atoms with E-state index in [-0.39, 0.29) is 22.9 Å². The average Bonchev–Trinajstić information content (AvgIpc) is 3.61. The monoisotopic (exact) mass is 446 g/mol. The standard InChI is InChI=1S/C25H22N2O4S/c28-24(16-11-17-9-14-19(15-10-17)32(29,30)27-18-12-13-18)26-25-20-5-1-3-7-22(20)31-23-8-4-2-6-21(23)25/h1-11,14-16,18,25,27H,12-13H2,(H,26,28)/b16-11+. The van der Waals surface area contributed by atoms with Gasteiger partial charge in [0.25, 0.3) is 0 Å². The van der Waals surface area contributed by atoms with Crippen molar-refractivity contribution >= 4 is 22.0 Å². The van der Waals surface area contributed by atoms with Crippen molar-refractivity contribution in [1.29, 1.82) is 0 Å². The van der Waals surface area contributed by atoms with Gasteiger partial charge in [0.15, 0.2) is 0 Å². The highest BCUT2D eigenvalue weighted by molar-refractivity contribution is 7.89. The molecule has 0 unspecified atom stereocenters. The smallest absolute Gasteiger partial charge is 0.244 e. The lowest BCUT2D eigenvalue weighted by Crippen LogP contribution is -2.29. The summed E-state index contributed by atoms with van der Waals surface area (Å²) in [5.74, 6) is 1.18. The lowest BCUT2D eigenvalue weighted by molar-refractivity contribution is -0.116. The lowest BCUT2D eigenvalue weighted by atomic mass is 9.94. The summed E-state index contributed by atoms with van der Waals surface area (Å²) < 4.78 is 33.2. The third-order valence-corrected chi connectivity index (χ3v) is 7.02. The van der Waals surface area contributed by atoms with E-state index in [2.05, 4.69) is 10.0 Å². The highest BCUT2D eigenvalue weighted by atomic mass is 32.2. The Bertz CT molecular complexity index is 1250. The molecule has 6 nitrogen and oxygen atoms in total. The van der Waals surface area contributed by atoms with Crippen molar-refractivity contribution in [3.8, 4) is 11.5 Å². The number of benzene rings is 3. The molecule has 3 aromatic carbocycles. The molecule has 3 aromatic rings. The van der Waals surface area contributed by atoms with Gasteiger partial charge >= 0.3 is 0 Å². The number of hydrogen-bond donors (Lipinski definition) is 2. The normalized spacial score (nSPS) is 15.6. The van der Waals surface area contributed by atoms with E-state index in [0.29, 0.717) is 0 Å². The Hall–Kier alpha value is -3.42. The van der Waals surface area contributed by atoms with Gasteiger partial charge < -0.3 is 10.1 Å². The van der Waals surface area contributed by atoms with Gasteiger partial charge in [0.1, 0.15) is 11.5 Å². The number of hydrogen-bond acceptors (Lipinski definition) is 4. The minimum absolute atomic E-state index is 0.0590. The predicted molar refractivity (Wildman–Crippen MR) is 122 cm³/mol. The van der Waals surface area contributed by atoms with Gasteiger partial charge in [0.2, 0.25) is 15.9 Å². The molecule has 2 N–H and O–H groups in total. The first-order valence-corrected chi connectivity index (χ1v) is 11.9. The second kappa shape index (κ2) is 8.26. The van der Waals surface area contributed by atoms with E-state index in [4.69, 9.17) is 4.74 Å². The van der Waals surface area contributed by atoms with Crippen LogP contribution in [0.15, 0.2) is 83.8 Å². The average molecular weight is 447 g/mol. The summed E-state index contributed by atoms with van der Waals surface area (Å²) in [6.45, 7) is 0. The van der Waals surface area contributed by atoms with Gasteiger partial charge in [-0.25, -0.2) is 13.1 Å². The number of rotatable bonds is 6. The number of carbonyl (C=O) groups excluding carboxylic acids is 1. The van der Waals surface area contributed by atoms with Crippen molar-refractivity contribution in [2.45, 2.75) is 29.8 Å². The topological polar surface area (TPSA) is 84.5 Å². The van der Waals surface area contributed by atoms with E-state index in [1.807, 2.05) is 48.5 Å². The molecule has 1 aliphatic carbocycles. The molecular formula is C25H22N2O4S. The van der Waals surface area contributed by atoms with Crippen LogP contribution in [-0.2, 0) is 14.8 Å². The third-order valence-electron chi connectivity index (χ3n) is 5.48. The predicted octanol–water partition coefficient (Wildman–Crippen LogP) is 4.15. The Balaban J connectivity index is 1.31. The van der Waals surface area contributed by atoms with Crippen molar-refractivity contribution in [2.75, 3.05) is 0 Å². The van der Waals surface area contributed by atoms with Crippen LogP contribution in [0.25, 0.3) is 6.08 Å². The molecule has 2 aliphatic rings. The molecule has 5 rings (SSSR count). The van der Waals surface area contributed by atoms with Crippen LogP contribution in [0, 0.1) is 0 Å². The van der Waals surface area contributed by atoms with E-state index in [0.717, 1.165) is 41.0 Å².